The van der Waals surface area contributed by atoms with E-state index >= 15 is 0 Å². The van der Waals surface area contributed by atoms with Gasteiger partial charge in [0.05, 0.1) is 11.0 Å². The summed E-state index contributed by atoms with van der Waals surface area (Å²) in [6, 6.07) is 15.2. The minimum absolute atomic E-state index is 0.132. The highest BCUT2D eigenvalue weighted by atomic mass is 16.5. The van der Waals surface area contributed by atoms with Crippen LogP contribution in [0.3, 0.4) is 0 Å². The van der Waals surface area contributed by atoms with Crippen molar-refractivity contribution in [3.63, 3.8) is 0 Å². The molecular formula is C17H16N2O3. The van der Waals surface area contributed by atoms with E-state index in [0.29, 0.717) is 5.82 Å². The summed E-state index contributed by atoms with van der Waals surface area (Å²) in [5.41, 5.74) is 2.60. The van der Waals surface area contributed by atoms with E-state index in [4.69, 9.17) is 9.84 Å². The second-order valence-corrected chi connectivity index (χ2v) is 5.05. The monoisotopic (exact) mass is 296 g/mol. The van der Waals surface area contributed by atoms with Crippen molar-refractivity contribution in [3.8, 4) is 5.75 Å². The van der Waals surface area contributed by atoms with Crippen molar-refractivity contribution >= 4 is 17.0 Å². The van der Waals surface area contributed by atoms with E-state index in [2.05, 4.69) is 4.98 Å². The molecule has 1 heterocycles. The Kier molecular flexibility index (Phi) is 3.78. The fraction of sp³-hybridized carbons (Fsp3) is 0.176. The van der Waals surface area contributed by atoms with Gasteiger partial charge in [0.2, 0.25) is 0 Å². The number of imidazole rings is 1. The second-order valence-electron chi connectivity index (χ2n) is 5.05. The van der Waals surface area contributed by atoms with E-state index in [0.717, 1.165) is 22.3 Å². The number of benzene rings is 2. The molecule has 112 valence electrons. The molecule has 0 fully saturated rings. The third-order valence-corrected chi connectivity index (χ3v) is 3.48. The standard InChI is InChI=1S/C17H16N2O3/c1-12-6-2-5-9-15(12)22-11-16-18-13-7-3-4-8-14(13)19(16)10-17(20)21/h2-9H,10-11H2,1H3,(H,20,21). The number of nitrogens with zero attached hydrogens (tertiary/aromatic N) is 2. The Hall–Kier alpha value is -2.82. The molecule has 3 aromatic rings. The van der Waals surface area contributed by atoms with Crippen LogP contribution in [0, 0.1) is 6.92 Å². The SMILES string of the molecule is Cc1ccccc1OCc1nc2ccccc2n1CC(=O)O. The first kappa shape index (κ1) is 14.1. The van der Waals surface area contributed by atoms with Crippen LogP contribution >= 0.6 is 0 Å². The van der Waals surface area contributed by atoms with Crippen LogP contribution in [0.5, 0.6) is 5.75 Å². The summed E-state index contributed by atoms with van der Waals surface area (Å²) in [6.07, 6.45) is 0. The number of hydrogen-bond acceptors (Lipinski definition) is 3. The van der Waals surface area contributed by atoms with Crippen LogP contribution in [0.25, 0.3) is 11.0 Å². The zero-order chi connectivity index (χ0) is 15.5. The maximum Gasteiger partial charge on any atom is 0.323 e. The number of aliphatic carboxylic acids is 1. The Labute approximate surface area is 127 Å². The minimum atomic E-state index is -0.903. The van der Waals surface area contributed by atoms with Crippen molar-refractivity contribution in [1.29, 1.82) is 0 Å². The molecule has 0 radical (unpaired) electrons. The minimum Gasteiger partial charge on any atom is -0.485 e. The van der Waals surface area contributed by atoms with Crippen molar-refractivity contribution in [2.24, 2.45) is 0 Å². The summed E-state index contributed by atoms with van der Waals surface area (Å²) >= 11 is 0. The second kappa shape index (κ2) is 5.89. The highest BCUT2D eigenvalue weighted by Crippen LogP contribution is 2.20. The molecule has 0 spiro atoms. The van der Waals surface area contributed by atoms with Gasteiger partial charge in [0, 0.05) is 0 Å². The van der Waals surface area contributed by atoms with Gasteiger partial charge >= 0.3 is 5.97 Å². The highest BCUT2D eigenvalue weighted by Gasteiger charge is 2.13. The molecule has 0 amide bonds. The number of carboxylic acid groups (broad SMARTS) is 1. The molecule has 0 aliphatic heterocycles. The first-order valence-corrected chi connectivity index (χ1v) is 6.99. The summed E-state index contributed by atoms with van der Waals surface area (Å²) in [4.78, 5) is 15.6. The van der Waals surface area contributed by atoms with Crippen LogP contribution in [0.1, 0.15) is 11.4 Å². The summed E-state index contributed by atoms with van der Waals surface area (Å²) in [6.45, 7) is 2.06. The molecule has 1 N–H and O–H groups in total. The van der Waals surface area contributed by atoms with Crippen molar-refractivity contribution in [3.05, 3.63) is 59.9 Å². The number of carbonyl (C=O) groups is 1. The normalized spacial score (nSPS) is 10.8. The van der Waals surface area contributed by atoms with E-state index in [1.165, 1.54) is 0 Å². The number of ether oxygens (including phenoxy) is 1. The fourth-order valence-corrected chi connectivity index (χ4v) is 2.41. The molecule has 2 aromatic carbocycles. The summed E-state index contributed by atoms with van der Waals surface area (Å²) in [7, 11) is 0. The first-order valence-electron chi connectivity index (χ1n) is 6.99. The number of rotatable bonds is 5. The van der Waals surface area contributed by atoms with Gasteiger partial charge in [-0.25, -0.2) is 4.98 Å². The largest absolute Gasteiger partial charge is 0.485 e. The van der Waals surface area contributed by atoms with Crippen LogP contribution in [0.2, 0.25) is 0 Å². The number of fused-ring (bicyclic) bond motifs is 1. The van der Waals surface area contributed by atoms with Gasteiger partial charge in [0.15, 0.2) is 0 Å². The Morgan fingerprint density at radius 2 is 1.91 bits per heavy atom. The smallest absolute Gasteiger partial charge is 0.323 e. The molecule has 0 saturated carbocycles. The van der Waals surface area contributed by atoms with Crippen LogP contribution in [0.4, 0.5) is 0 Å². The van der Waals surface area contributed by atoms with Gasteiger partial charge in [-0.05, 0) is 30.7 Å². The number of aryl methyl sites for hydroxylation is 1. The predicted octanol–water partition coefficient (Wildman–Crippen LogP) is 3.01. The maximum atomic E-state index is 11.1. The van der Waals surface area contributed by atoms with Gasteiger partial charge in [-0.2, -0.15) is 0 Å². The average molecular weight is 296 g/mol. The number of carboxylic acids is 1. The van der Waals surface area contributed by atoms with Gasteiger partial charge < -0.3 is 14.4 Å². The molecule has 0 aliphatic rings. The van der Waals surface area contributed by atoms with Crippen LogP contribution in [0.15, 0.2) is 48.5 Å². The molecule has 1 aromatic heterocycles. The summed E-state index contributed by atoms with van der Waals surface area (Å²) in [5, 5.41) is 9.11. The molecule has 0 saturated heterocycles. The van der Waals surface area contributed by atoms with Crippen LogP contribution < -0.4 is 4.74 Å². The topological polar surface area (TPSA) is 64.4 Å². The molecule has 0 aliphatic carbocycles. The Morgan fingerprint density at radius 1 is 1.18 bits per heavy atom. The van der Waals surface area contributed by atoms with E-state index in [-0.39, 0.29) is 13.2 Å². The summed E-state index contributed by atoms with van der Waals surface area (Å²) in [5.74, 6) is 0.476. The zero-order valence-corrected chi connectivity index (χ0v) is 12.2. The lowest BCUT2D eigenvalue weighted by molar-refractivity contribution is -0.137. The lowest BCUT2D eigenvalue weighted by Gasteiger charge is -2.10. The van der Waals surface area contributed by atoms with E-state index in [1.54, 1.807) is 4.57 Å². The van der Waals surface area contributed by atoms with Crippen molar-refractivity contribution < 1.29 is 14.6 Å². The van der Waals surface area contributed by atoms with Gasteiger partial charge in [0.1, 0.15) is 24.7 Å². The van der Waals surface area contributed by atoms with E-state index in [9.17, 15) is 4.79 Å². The van der Waals surface area contributed by atoms with Crippen molar-refractivity contribution in [2.45, 2.75) is 20.1 Å². The Balaban J connectivity index is 1.92. The molecule has 5 heteroatoms. The lowest BCUT2D eigenvalue weighted by atomic mass is 10.2. The molecule has 0 bridgehead atoms. The van der Waals surface area contributed by atoms with Gasteiger partial charge in [-0.1, -0.05) is 30.3 Å². The number of aromatic nitrogens is 2. The van der Waals surface area contributed by atoms with Gasteiger partial charge in [-0.3, -0.25) is 4.79 Å². The van der Waals surface area contributed by atoms with Crippen LogP contribution in [-0.4, -0.2) is 20.6 Å². The van der Waals surface area contributed by atoms with Gasteiger partial charge in [-0.15, -0.1) is 0 Å². The fourth-order valence-electron chi connectivity index (χ4n) is 2.41. The Morgan fingerprint density at radius 3 is 2.68 bits per heavy atom. The van der Waals surface area contributed by atoms with E-state index in [1.807, 2.05) is 55.5 Å². The number of para-hydroxylation sites is 3. The maximum absolute atomic E-state index is 11.1. The van der Waals surface area contributed by atoms with Gasteiger partial charge in [0.25, 0.3) is 0 Å². The molecule has 0 unspecified atom stereocenters. The van der Waals surface area contributed by atoms with E-state index < -0.39 is 5.97 Å². The van der Waals surface area contributed by atoms with Crippen molar-refractivity contribution in [2.75, 3.05) is 0 Å². The third-order valence-electron chi connectivity index (χ3n) is 3.48. The third kappa shape index (κ3) is 2.79. The molecule has 3 rings (SSSR count). The van der Waals surface area contributed by atoms with Crippen molar-refractivity contribution in [1.82, 2.24) is 9.55 Å². The Bertz CT molecular complexity index is 824. The highest BCUT2D eigenvalue weighted by molar-refractivity contribution is 5.78. The van der Waals surface area contributed by atoms with Crippen LogP contribution in [-0.2, 0) is 17.9 Å². The lowest BCUT2D eigenvalue weighted by Crippen LogP contribution is -2.13. The molecular weight excluding hydrogens is 280 g/mol. The summed E-state index contributed by atoms with van der Waals surface area (Å²) < 4.78 is 7.47. The average Bonchev–Trinajstić information content (AvgIpc) is 2.84. The quantitative estimate of drug-likeness (QED) is 0.786. The molecule has 22 heavy (non-hydrogen) atoms. The first-order chi connectivity index (χ1) is 10.6. The number of hydrogen-bond donors (Lipinski definition) is 1. The predicted molar refractivity (Wildman–Crippen MR) is 82.9 cm³/mol. The molecule has 0 atom stereocenters. The molecule has 5 nitrogen and oxygen atoms in total. The zero-order valence-electron chi connectivity index (χ0n) is 12.2.